The average Bonchev–Trinajstić information content (AvgIpc) is 2.37. The molecule has 1 aliphatic rings. The number of rotatable bonds is 6. The maximum absolute atomic E-state index is 12.8. The van der Waals surface area contributed by atoms with E-state index in [0.29, 0.717) is 13.1 Å². The summed E-state index contributed by atoms with van der Waals surface area (Å²) in [5, 5.41) is 5.87. The lowest BCUT2D eigenvalue weighted by atomic mass is 9.67. The number of hydrogen-bond donors (Lipinski definition) is 2. The molecule has 1 saturated carbocycles. The van der Waals surface area contributed by atoms with Crippen molar-refractivity contribution in [2.75, 3.05) is 23.7 Å². The van der Waals surface area contributed by atoms with Crippen LogP contribution in [0.4, 0.5) is 24.8 Å². The summed E-state index contributed by atoms with van der Waals surface area (Å²) in [5.74, 6) is -0.683. The number of hydrogen-bond acceptors (Lipinski definition) is 4. The number of alkyl halides is 3. The van der Waals surface area contributed by atoms with Gasteiger partial charge in [0.05, 0.1) is 0 Å². The van der Waals surface area contributed by atoms with Crippen LogP contribution in [0.1, 0.15) is 45.4 Å². The zero-order valence-electron chi connectivity index (χ0n) is 12.3. The molecule has 1 fully saturated rings. The SMILES string of the molecule is CCNc1cc(NCC2(CC)CCC2)nc(C(F)(F)F)n1. The Kier molecular flexibility index (Phi) is 4.58. The molecule has 0 spiro atoms. The standard InChI is InChI=1S/C14H21F3N4/c1-3-13(6-5-7-13)9-19-11-8-10(18-4-2)20-12(21-11)14(15,16)17/h8H,3-7,9H2,1-2H3,(H2,18,19,20,21). The highest BCUT2D eigenvalue weighted by Crippen LogP contribution is 2.43. The second-order valence-electron chi connectivity index (χ2n) is 5.55. The van der Waals surface area contributed by atoms with Gasteiger partial charge < -0.3 is 10.6 Å². The van der Waals surface area contributed by atoms with Crippen LogP contribution in [-0.2, 0) is 6.18 Å². The van der Waals surface area contributed by atoms with Crippen molar-refractivity contribution in [2.45, 2.75) is 45.7 Å². The van der Waals surface area contributed by atoms with Crippen molar-refractivity contribution in [3.8, 4) is 0 Å². The van der Waals surface area contributed by atoms with Gasteiger partial charge in [-0.1, -0.05) is 13.3 Å². The molecule has 0 amide bonds. The van der Waals surface area contributed by atoms with Crippen molar-refractivity contribution in [2.24, 2.45) is 5.41 Å². The fourth-order valence-corrected chi connectivity index (χ4v) is 2.55. The van der Waals surface area contributed by atoms with Crippen molar-refractivity contribution < 1.29 is 13.2 Å². The fourth-order valence-electron chi connectivity index (χ4n) is 2.55. The van der Waals surface area contributed by atoms with Crippen LogP contribution in [0.2, 0.25) is 0 Å². The molecule has 118 valence electrons. The third-order valence-corrected chi connectivity index (χ3v) is 4.15. The van der Waals surface area contributed by atoms with E-state index in [1.165, 1.54) is 12.5 Å². The summed E-state index contributed by atoms with van der Waals surface area (Å²) in [6.45, 7) is 5.09. The predicted octanol–water partition coefficient (Wildman–Crippen LogP) is 3.92. The van der Waals surface area contributed by atoms with E-state index in [4.69, 9.17) is 0 Å². The number of aromatic nitrogens is 2. The van der Waals surface area contributed by atoms with Crippen molar-refractivity contribution in [1.82, 2.24) is 9.97 Å². The molecule has 1 heterocycles. The minimum atomic E-state index is -4.54. The van der Waals surface area contributed by atoms with E-state index in [1.807, 2.05) is 6.92 Å². The molecule has 0 aliphatic heterocycles. The van der Waals surface area contributed by atoms with Gasteiger partial charge in [0.1, 0.15) is 11.6 Å². The van der Waals surface area contributed by atoms with Gasteiger partial charge >= 0.3 is 6.18 Å². The van der Waals surface area contributed by atoms with Gasteiger partial charge in [0.15, 0.2) is 0 Å². The summed E-state index contributed by atoms with van der Waals surface area (Å²) in [7, 11) is 0. The summed E-state index contributed by atoms with van der Waals surface area (Å²) in [6, 6.07) is 1.53. The van der Waals surface area contributed by atoms with E-state index >= 15 is 0 Å². The number of halogens is 3. The largest absolute Gasteiger partial charge is 0.451 e. The van der Waals surface area contributed by atoms with E-state index in [9.17, 15) is 13.2 Å². The van der Waals surface area contributed by atoms with Gasteiger partial charge in [0, 0.05) is 19.2 Å². The minimum absolute atomic E-state index is 0.196. The van der Waals surface area contributed by atoms with Crippen molar-refractivity contribution in [3.05, 3.63) is 11.9 Å². The predicted molar refractivity (Wildman–Crippen MR) is 76.3 cm³/mol. The Balaban J connectivity index is 2.15. The van der Waals surface area contributed by atoms with Crippen molar-refractivity contribution in [3.63, 3.8) is 0 Å². The summed E-state index contributed by atoms with van der Waals surface area (Å²) < 4.78 is 38.5. The lowest BCUT2D eigenvalue weighted by molar-refractivity contribution is -0.144. The fraction of sp³-hybridized carbons (Fsp3) is 0.714. The van der Waals surface area contributed by atoms with E-state index in [2.05, 4.69) is 27.5 Å². The molecular weight excluding hydrogens is 281 g/mol. The summed E-state index contributed by atoms with van der Waals surface area (Å²) >= 11 is 0. The van der Waals surface area contributed by atoms with E-state index in [-0.39, 0.29) is 17.1 Å². The summed E-state index contributed by atoms with van der Waals surface area (Å²) in [6.07, 6.45) is -0.0880. The molecule has 2 rings (SSSR count). The third kappa shape index (κ3) is 3.77. The molecule has 0 saturated heterocycles. The molecule has 1 aromatic heterocycles. The smallest absolute Gasteiger partial charge is 0.370 e. The highest BCUT2D eigenvalue weighted by atomic mass is 19.4. The summed E-state index contributed by atoms with van der Waals surface area (Å²) in [4.78, 5) is 7.10. The molecule has 1 aliphatic carbocycles. The first-order chi connectivity index (χ1) is 9.88. The van der Waals surface area contributed by atoms with Gasteiger partial charge in [-0.05, 0) is 31.6 Å². The number of nitrogens with zero attached hydrogens (tertiary/aromatic N) is 2. The molecule has 0 unspecified atom stereocenters. The van der Waals surface area contributed by atoms with Gasteiger partial charge in [-0.3, -0.25) is 0 Å². The van der Waals surface area contributed by atoms with Crippen LogP contribution in [0.25, 0.3) is 0 Å². The topological polar surface area (TPSA) is 49.8 Å². The van der Waals surface area contributed by atoms with Crippen LogP contribution in [0.3, 0.4) is 0 Å². The average molecular weight is 302 g/mol. The highest BCUT2D eigenvalue weighted by Gasteiger charge is 2.37. The van der Waals surface area contributed by atoms with Crippen LogP contribution < -0.4 is 10.6 Å². The van der Waals surface area contributed by atoms with Crippen molar-refractivity contribution in [1.29, 1.82) is 0 Å². The zero-order chi connectivity index (χ0) is 15.5. The molecular formula is C14H21F3N4. The molecule has 1 aromatic rings. The maximum Gasteiger partial charge on any atom is 0.451 e. The van der Waals surface area contributed by atoms with Gasteiger partial charge in [0.2, 0.25) is 5.82 Å². The zero-order valence-corrected chi connectivity index (χ0v) is 12.3. The van der Waals surface area contributed by atoms with Crippen LogP contribution in [-0.4, -0.2) is 23.1 Å². The normalized spacial score (nSPS) is 17.2. The molecule has 7 heteroatoms. The Morgan fingerprint density at radius 3 is 2.19 bits per heavy atom. The second-order valence-corrected chi connectivity index (χ2v) is 5.55. The first kappa shape index (κ1) is 15.9. The molecule has 0 aromatic carbocycles. The summed E-state index contributed by atoms with van der Waals surface area (Å²) in [5.41, 5.74) is 0.210. The number of nitrogens with one attached hydrogen (secondary N) is 2. The molecule has 2 N–H and O–H groups in total. The van der Waals surface area contributed by atoms with E-state index in [1.54, 1.807) is 0 Å². The highest BCUT2D eigenvalue weighted by molar-refractivity contribution is 5.48. The monoisotopic (exact) mass is 302 g/mol. The number of anilines is 2. The molecule has 4 nitrogen and oxygen atoms in total. The Bertz CT molecular complexity index is 478. The van der Waals surface area contributed by atoms with Gasteiger partial charge in [-0.25, -0.2) is 9.97 Å². The van der Waals surface area contributed by atoms with E-state index < -0.39 is 12.0 Å². The lowest BCUT2D eigenvalue weighted by Gasteiger charge is -2.41. The first-order valence-electron chi connectivity index (χ1n) is 7.32. The van der Waals surface area contributed by atoms with E-state index in [0.717, 1.165) is 19.3 Å². The Morgan fingerprint density at radius 1 is 1.14 bits per heavy atom. The quantitative estimate of drug-likeness (QED) is 0.836. The molecule has 0 atom stereocenters. The van der Waals surface area contributed by atoms with Crippen molar-refractivity contribution >= 4 is 11.6 Å². The molecule has 0 bridgehead atoms. The third-order valence-electron chi connectivity index (χ3n) is 4.15. The van der Waals surface area contributed by atoms with Gasteiger partial charge in [-0.15, -0.1) is 0 Å². The van der Waals surface area contributed by atoms with Gasteiger partial charge in [-0.2, -0.15) is 13.2 Å². The Hall–Kier alpha value is -1.53. The van der Waals surface area contributed by atoms with Crippen LogP contribution in [0, 0.1) is 5.41 Å². The lowest BCUT2D eigenvalue weighted by Crippen LogP contribution is -2.36. The Labute approximate surface area is 122 Å². The minimum Gasteiger partial charge on any atom is -0.370 e. The second kappa shape index (κ2) is 6.07. The van der Waals surface area contributed by atoms with Gasteiger partial charge in [0.25, 0.3) is 0 Å². The first-order valence-corrected chi connectivity index (χ1v) is 7.32. The van der Waals surface area contributed by atoms with Crippen LogP contribution in [0.5, 0.6) is 0 Å². The van der Waals surface area contributed by atoms with Crippen LogP contribution >= 0.6 is 0 Å². The molecule has 21 heavy (non-hydrogen) atoms. The van der Waals surface area contributed by atoms with Crippen LogP contribution in [0.15, 0.2) is 6.07 Å². The maximum atomic E-state index is 12.8. The molecule has 0 radical (unpaired) electrons. The Morgan fingerprint density at radius 2 is 1.76 bits per heavy atom.